The number of anilines is 1. The molecule has 16 amide bonds. The van der Waals surface area contributed by atoms with Crippen molar-refractivity contribution in [3.63, 3.8) is 0 Å². The maximum atomic E-state index is 14.4. The molecule has 0 saturated carbocycles. The number of hydrogen-bond acceptors (Lipinski definition) is 30. The Balaban J connectivity index is 1.05. The highest BCUT2D eigenvalue weighted by atomic mass is 32.2. The Morgan fingerprint density at radius 1 is 0.586 bits per heavy atom. The van der Waals surface area contributed by atoms with Crippen molar-refractivity contribution in [2.75, 3.05) is 96.4 Å². The number of carboxylic acids is 3. The molecule has 0 spiro atoms. The number of nitrogens with one attached hydrogen (secondary N) is 11. The van der Waals surface area contributed by atoms with Crippen molar-refractivity contribution in [3.05, 3.63) is 76.1 Å². The first-order chi connectivity index (χ1) is 60.3. The van der Waals surface area contributed by atoms with Crippen LogP contribution in [0.3, 0.4) is 0 Å². The summed E-state index contributed by atoms with van der Waals surface area (Å²) in [5.41, 5.74) is 6.19. The number of rotatable bonds is 52. The third kappa shape index (κ3) is 29.6. The number of aliphatic carboxylic acids is 3. The van der Waals surface area contributed by atoms with E-state index in [1.165, 1.54) is 74.1 Å². The highest BCUT2D eigenvalue weighted by Gasteiger charge is 2.63. The number of aliphatic hydroxyl groups excluding tert-OH is 1. The van der Waals surface area contributed by atoms with E-state index in [1.54, 1.807) is 40.0 Å². The molecule has 3 aromatic rings. The van der Waals surface area contributed by atoms with Crippen LogP contribution >= 0.6 is 23.5 Å². The summed E-state index contributed by atoms with van der Waals surface area (Å²) in [6, 6.07) is -4.32. The van der Waals surface area contributed by atoms with Gasteiger partial charge in [0.1, 0.15) is 66.0 Å². The lowest BCUT2D eigenvalue weighted by molar-refractivity contribution is -0.143. The number of aromatic hydroxyl groups is 2. The molecule has 128 heavy (non-hydrogen) atoms. The Kier molecular flexibility index (Phi) is 40.0. The number of amides is 16. The number of likely N-dealkylation sites (tertiary alicyclic amines) is 1. The maximum absolute atomic E-state index is 14.4. The average Bonchev–Trinajstić information content (AvgIpc) is 0.724. The number of imide groups is 2. The zero-order chi connectivity index (χ0) is 95.3. The molecule has 22 N–H and O–H groups in total. The predicted molar refractivity (Wildman–Crippen MR) is 454 cm³/mol. The fraction of sp³-hybridized carbons (Fsp3) is 0.531. The Morgan fingerprint density at radius 3 is 1.65 bits per heavy atom. The van der Waals surface area contributed by atoms with Gasteiger partial charge in [0.05, 0.1) is 86.8 Å². The monoisotopic (exact) mass is 1840 g/mol. The van der Waals surface area contributed by atoms with Gasteiger partial charge in [-0.25, -0.2) is 4.79 Å². The zero-order valence-corrected chi connectivity index (χ0v) is 73.0. The molecule has 45 nitrogen and oxygen atoms in total. The summed E-state index contributed by atoms with van der Waals surface area (Å²) in [4.78, 5) is 269. The van der Waals surface area contributed by atoms with E-state index in [2.05, 4.69) is 53.2 Å². The van der Waals surface area contributed by atoms with Crippen LogP contribution in [0.5, 0.6) is 11.5 Å². The number of nitrogens with two attached hydrogens (primary N) is 2. The van der Waals surface area contributed by atoms with Crippen LogP contribution < -0.4 is 70.0 Å². The van der Waals surface area contributed by atoms with E-state index in [-0.39, 0.29) is 111 Å². The van der Waals surface area contributed by atoms with Gasteiger partial charge in [-0.15, -0.1) is 11.8 Å². The SMILES string of the molecule is CSCC[C@H](NC(=O)[C@H](CC(C)C)NC(=O)CNC(=O)NCCOCCOCCOCC(N)=O)C(=O)N[C@@H](CC(=O)O)C(=O)N[C@@H](CC(C)C)C(=O)N[C@@H](CC(=O)O)C(=O)N[C@@H](Cc1ccccc1)C(=O)N[C@@H](CC(=O)O)C(=O)NC(=O)CCSC1CC(=O)N(CCC(=O)Nc2ccc3c(C)c4c(c(O)c3c2O)C(=O)[C@]2(O)C(=O)C(C(N)=O)=C(O)[C@@H](N(C)C)[C@@H]2C4)C1=O. The summed E-state index contributed by atoms with van der Waals surface area (Å²) >= 11 is 2.04. The second-order valence-electron chi connectivity index (χ2n) is 31.3. The first-order valence-corrected chi connectivity index (χ1v) is 42.9. The number of thioether (sulfide) groups is 2. The topological polar surface area (TPSA) is 702 Å². The number of ketones is 2. The van der Waals surface area contributed by atoms with Crippen LogP contribution in [0.2, 0.25) is 0 Å². The highest BCUT2D eigenvalue weighted by molar-refractivity contribution is 8.00. The number of nitrogens with zero attached hydrogens (tertiary/aromatic N) is 2. The predicted octanol–water partition coefficient (Wildman–Crippen LogP) is -3.58. The van der Waals surface area contributed by atoms with Gasteiger partial charge in [-0.3, -0.25) is 106 Å². The molecular weight excluding hydrogens is 1730 g/mol. The Hall–Kier alpha value is -12.4. The van der Waals surface area contributed by atoms with Crippen LogP contribution in [0.4, 0.5) is 10.5 Å². The Bertz CT molecular complexity index is 4740. The summed E-state index contributed by atoms with van der Waals surface area (Å²) < 4.78 is 15.6. The Morgan fingerprint density at radius 2 is 1.10 bits per heavy atom. The van der Waals surface area contributed by atoms with Crippen LogP contribution in [0, 0.1) is 24.7 Å². The Labute approximate surface area is 741 Å². The van der Waals surface area contributed by atoms with E-state index in [4.69, 9.17) is 25.7 Å². The van der Waals surface area contributed by atoms with Crippen LogP contribution in [-0.4, -0.2) is 314 Å². The van der Waals surface area contributed by atoms with Gasteiger partial charge in [0, 0.05) is 50.4 Å². The van der Waals surface area contributed by atoms with Crippen molar-refractivity contribution in [2.24, 2.45) is 29.2 Å². The van der Waals surface area contributed by atoms with Crippen LogP contribution in [-0.2, 0) is 113 Å². The molecule has 1 aliphatic heterocycles. The van der Waals surface area contributed by atoms with Crippen LogP contribution in [0.1, 0.15) is 113 Å². The fourth-order valence-electron chi connectivity index (χ4n) is 14.3. The van der Waals surface area contributed by atoms with Crippen molar-refractivity contribution in [2.45, 2.75) is 164 Å². The molecule has 3 aliphatic rings. The van der Waals surface area contributed by atoms with Crippen LogP contribution in [0.15, 0.2) is 53.8 Å². The number of phenolic OH excluding ortho intramolecular Hbond substituents is 2. The second-order valence-corrected chi connectivity index (χ2v) is 33.5. The molecule has 3 aromatic carbocycles. The molecule has 700 valence electrons. The van der Waals surface area contributed by atoms with Gasteiger partial charge in [0.15, 0.2) is 11.4 Å². The number of carbonyl (C=O) groups excluding carboxylic acids is 17. The number of carbonyl (C=O) groups is 20. The molecule has 11 atom stereocenters. The van der Waals surface area contributed by atoms with Gasteiger partial charge in [0.2, 0.25) is 88.4 Å². The number of urea groups is 1. The number of hydrogen-bond donors (Lipinski definition) is 20. The number of fused-ring (bicyclic) bond motifs is 3. The molecule has 0 bridgehead atoms. The van der Waals surface area contributed by atoms with E-state index in [1.807, 2.05) is 5.32 Å². The fourth-order valence-corrected chi connectivity index (χ4v) is 15.9. The second kappa shape index (κ2) is 49.0. The molecular formula is C81H109N15O30S2. The summed E-state index contributed by atoms with van der Waals surface area (Å²) in [6.45, 7) is 7.56. The summed E-state index contributed by atoms with van der Waals surface area (Å²) in [5.74, 6) is -27.4. The molecule has 6 rings (SSSR count). The van der Waals surface area contributed by atoms with E-state index >= 15 is 0 Å². The third-order valence-electron chi connectivity index (χ3n) is 20.4. The molecule has 0 radical (unpaired) electrons. The lowest BCUT2D eigenvalue weighted by Crippen LogP contribution is -2.66. The molecule has 47 heteroatoms. The minimum atomic E-state index is -3.03. The number of aryl methyl sites for hydroxylation is 1. The van der Waals surface area contributed by atoms with E-state index in [0.29, 0.717) is 5.56 Å². The lowest BCUT2D eigenvalue weighted by atomic mass is 9.60. The number of likely N-dealkylation sites (N-methyl/N-ethyl adjacent to an activating group) is 1. The van der Waals surface area contributed by atoms with Gasteiger partial charge in [0.25, 0.3) is 5.91 Å². The van der Waals surface area contributed by atoms with Gasteiger partial charge in [-0.1, -0.05) is 64.1 Å². The molecule has 2 aliphatic carbocycles. The first kappa shape index (κ1) is 104. The van der Waals surface area contributed by atoms with E-state index in [0.717, 1.165) is 16.7 Å². The van der Waals surface area contributed by atoms with Crippen molar-refractivity contribution >= 4 is 158 Å². The van der Waals surface area contributed by atoms with Gasteiger partial charge >= 0.3 is 23.9 Å². The van der Waals surface area contributed by atoms with Crippen LogP contribution in [0.25, 0.3) is 10.8 Å². The normalized spacial score (nSPS) is 17.6. The largest absolute Gasteiger partial charge is 0.510 e. The smallest absolute Gasteiger partial charge is 0.315 e. The van der Waals surface area contributed by atoms with Crippen molar-refractivity contribution in [1.82, 2.24) is 63.0 Å². The zero-order valence-electron chi connectivity index (χ0n) is 71.4. The van der Waals surface area contributed by atoms with Crippen molar-refractivity contribution in [1.29, 1.82) is 0 Å². The molecule has 1 heterocycles. The summed E-state index contributed by atoms with van der Waals surface area (Å²) in [6.07, 6.45) is -4.55. The third-order valence-corrected chi connectivity index (χ3v) is 22.3. The van der Waals surface area contributed by atoms with Gasteiger partial charge in [-0.2, -0.15) is 11.8 Å². The minimum absolute atomic E-state index is 0.0133. The molecule has 0 aromatic heterocycles. The number of Topliss-reactive ketones (excluding diaryl/α,β-unsaturated/α-hetero) is 2. The standard InChI is InChI=1S/C81H109N15O30S2/c1-38(2)28-47(87-57(100)36-85-80(122)84-19-21-124-22-23-125-24-25-126-37-54(82)97)73(115)88-46(17-26-127-8)72(114)91-50(32-59(102)103)76(118)89-48(29-39(3)4)74(116)92-51(33-60(104)105)77(119)90-49(30-41-12-10-9-11-13-41)75(117)93-52(34-61(106)107)78(120)94-56(99)18-27-128-53-35-58(101)96(79(53)121)20-16-55(98)86-45-15-14-42-40(5)43-31-44-65(95(6)7)68(110)64(71(83)113)70(112)81(44,123)69(111)63(43)67(109)62(42)66(45)108/h9-15,38-39,44,46-53,65,108-110,123H,16-37H2,1-8H3,(H2,82,97)(H2,83,113)(H,86,98)(H,87,100)(H,88,115)(H,89,118)(H,90,119)(H,91,114)(H,92,116)(H,93,117)(H,102,103)(H,104,105)(H,106,107)(H2,84,85,122)(H,94,99,120)/t44-,46-,47-,48-,49-,50-,51-,52-,53?,65-,81-/m0/s1. The number of phenols is 2. The summed E-state index contributed by atoms with van der Waals surface area (Å²) in [7, 11) is 2.92. The number of carboxylic acid groups (broad SMARTS) is 3. The number of ether oxygens (including phenoxy) is 3. The van der Waals surface area contributed by atoms with Gasteiger partial charge in [-0.05, 0) is 98.7 Å². The van der Waals surface area contributed by atoms with E-state index in [9.17, 15) is 132 Å². The lowest BCUT2D eigenvalue weighted by Gasteiger charge is -2.47. The molecule has 1 saturated heterocycles. The highest BCUT2D eigenvalue weighted by Crippen LogP contribution is 2.51. The van der Waals surface area contributed by atoms with Crippen molar-refractivity contribution < 1.29 is 146 Å². The number of benzene rings is 3. The minimum Gasteiger partial charge on any atom is -0.510 e. The van der Waals surface area contributed by atoms with Crippen molar-refractivity contribution in [3.8, 4) is 11.5 Å². The summed E-state index contributed by atoms with van der Waals surface area (Å²) in [5, 5.41) is 101. The quantitative estimate of drug-likeness (QED) is 0.00854. The maximum Gasteiger partial charge on any atom is 0.315 e. The molecule has 1 unspecified atom stereocenters. The first-order valence-electron chi connectivity index (χ1n) is 40.4. The number of primary amides is 2. The average molecular weight is 1840 g/mol. The number of aliphatic hydroxyl groups is 2. The van der Waals surface area contributed by atoms with E-state index < -0.39 is 281 Å². The molecule has 1 fully saturated rings. The van der Waals surface area contributed by atoms with Gasteiger partial charge < -0.3 is 115 Å².